The third-order valence-corrected chi connectivity index (χ3v) is 7.30. The van der Waals surface area contributed by atoms with Crippen LogP contribution in [-0.4, -0.2) is 57.4 Å². The first-order valence-corrected chi connectivity index (χ1v) is 12.5. The normalized spacial score (nSPS) is 14.2. The number of sulfonamides is 1. The summed E-state index contributed by atoms with van der Waals surface area (Å²) < 4.78 is 32.0. The molecule has 9 nitrogen and oxygen atoms in total. The van der Waals surface area contributed by atoms with Crippen molar-refractivity contribution in [1.82, 2.24) is 4.31 Å². The lowest BCUT2D eigenvalue weighted by Gasteiger charge is -2.26. The topological polar surface area (TPSA) is 117 Å². The molecule has 0 atom stereocenters. The summed E-state index contributed by atoms with van der Waals surface area (Å²) in [7, 11) is -3.60. The number of hydrogen-bond donors (Lipinski definition) is 3. The van der Waals surface area contributed by atoms with Gasteiger partial charge in [0.1, 0.15) is 0 Å². The largest absolute Gasteiger partial charge is 0.379 e. The van der Waals surface area contributed by atoms with Gasteiger partial charge in [-0.2, -0.15) is 4.31 Å². The summed E-state index contributed by atoms with van der Waals surface area (Å²) in [6.07, 6.45) is 0. The lowest BCUT2D eigenvalue weighted by molar-refractivity contribution is -0.114. The number of carbonyl (C=O) groups excluding carboxylic acids is 2. The van der Waals surface area contributed by atoms with Crippen LogP contribution in [0.1, 0.15) is 10.4 Å². The number of nitrogens with one attached hydrogen (secondary N) is 3. The molecule has 0 saturated carbocycles. The highest BCUT2D eigenvalue weighted by molar-refractivity contribution is 7.89. The first-order valence-electron chi connectivity index (χ1n) is 11.1. The molecular formula is C25H26N4O5S. The summed E-state index contributed by atoms with van der Waals surface area (Å²) in [5, 5.41) is 8.55. The van der Waals surface area contributed by atoms with Gasteiger partial charge in [0.2, 0.25) is 15.9 Å². The van der Waals surface area contributed by atoms with Gasteiger partial charge >= 0.3 is 0 Å². The van der Waals surface area contributed by atoms with Gasteiger partial charge in [-0.05, 0) is 48.5 Å². The second-order valence-corrected chi connectivity index (χ2v) is 9.75. The van der Waals surface area contributed by atoms with E-state index in [0.29, 0.717) is 48.9 Å². The molecule has 0 unspecified atom stereocenters. The fraction of sp³-hybridized carbons (Fsp3) is 0.200. The molecule has 0 aliphatic carbocycles. The number of anilines is 3. The summed E-state index contributed by atoms with van der Waals surface area (Å²) in [5.74, 6) is -0.635. The molecule has 1 aliphatic heterocycles. The Balaban J connectivity index is 1.35. The summed E-state index contributed by atoms with van der Waals surface area (Å²) in [6.45, 7) is 1.30. The number of hydrogen-bond acceptors (Lipinski definition) is 6. The van der Waals surface area contributed by atoms with Crippen LogP contribution in [-0.2, 0) is 19.6 Å². The molecule has 10 heteroatoms. The predicted octanol–water partition coefficient (Wildman–Crippen LogP) is 3.01. The van der Waals surface area contributed by atoms with Gasteiger partial charge < -0.3 is 20.7 Å². The quantitative estimate of drug-likeness (QED) is 0.443. The lowest BCUT2D eigenvalue weighted by Crippen LogP contribution is -2.40. The summed E-state index contributed by atoms with van der Waals surface area (Å²) >= 11 is 0. The molecule has 2 amide bonds. The van der Waals surface area contributed by atoms with E-state index in [9.17, 15) is 18.0 Å². The minimum absolute atomic E-state index is 0.0799. The number of benzene rings is 3. The smallest absolute Gasteiger partial charge is 0.257 e. The van der Waals surface area contributed by atoms with E-state index in [2.05, 4.69) is 16.0 Å². The molecule has 0 bridgehead atoms. The SMILES string of the molecule is O=C(CNc1ccccc1C(=O)Nc1ccccc1)Nc1ccc(S(=O)(=O)N2CCOCC2)cc1. The second kappa shape index (κ2) is 11.1. The highest BCUT2D eigenvalue weighted by atomic mass is 32.2. The minimum atomic E-state index is -3.60. The Morgan fingerprint density at radius 3 is 2.14 bits per heavy atom. The number of morpholine rings is 1. The Labute approximate surface area is 204 Å². The zero-order chi connectivity index (χ0) is 24.7. The van der Waals surface area contributed by atoms with Crippen LogP contribution in [0.2, 0.25) is 0 Å². The standard InChI is InChI=1S/C25H26N4O5S/c30-24(27-20-10-12-21(13-11-20)35(32,33)29-14-16-34-17-15-29)18-26-23-9-5-4-8-22(23)25(31)28-19-6-2-1-3-7-19/h1-13,26H,14-18H2,(H,27,30)(H,28,31). The van der Waals surface area contributed by atoms with Crippen LogP contribution in [0.4, 0.5) is 17.1 Å². The van der Waals surface area contributed by atoms with E-state index in [0.717, 1.165) is 0 Å². The molecule has 3 aromatic rings. The van der Waals surface area contributed by atoms with Gasteiger partial charge in [0.25, 0.3) is 5.91 Å². The molecule has 4 rings (SSSR count). The van der Waals surface area contributed by atoms with Gasteiger partial charge in [-0.3, -0.25) is 9.59 Å². The first kappa shape index (κ1) is 24.4. The van der Waals surface area contributed by atoms with Crippen LogP contribution < -0.4 is 16.0 Å². The average Bonchev–Trinajstić information content (AvgIpc) is 2.89. The van der Waals surface area contributed by atoms with Crippen LogP contribution in [0.15, 0.2) is 83.8 Å². The molecular weight excluding hydrogens is 468 g/mol. The monoisotopic (exact) mass is 494 g/mol. The highest BCUT2D eigenvalue weighted by Crippen LogP contribution is 2.20. The van der Waals surface area contributed by atoms with Gasteiger partial charge in [0.05, 0.1) is 30.2 Å². The highest BCUT2D eigenvalue weighted by Gasteiger charge is 2.26. The number of para-hydroxylation sites is 2. The number of ether oxygens (including phenoxy) is 1. The van der Waals surface area contributed by atoms with Gasteiger partial charge in [-0.25, -0.2) is 8.42 Å². The minimum Gasteiger partial charge on any atom is -0.379 e. The molecule has 1 aliphatic rings. The molecule has 1 heterocycles. The molecule has 182 valence electrons. The Morgan fingerprint density at radius 2 is 1.43 bits per heavy atom. The van der Waals surface area contributed by atoms with Gasteiger partial charge in [0, 0.05) is 30.2 Å². The molecule has 0 spiro atoms. The molecule has 1 fully saturated rings. The van der Waals surface area contributed by atoms with Crippen molar-refractivity contribution >= 4 is 38.9 Å². The van der Waals surface area contributed by atoms with Crippen LogP contribution in [0.5, 0.6) is 0 Å². The molecule has 0 radical (unpaired) electrons. The van der Waals surface area contributed by atoms with Crippen molar-refractivity contribution in [1.29, 1.82) is 0 Å². The van der Waals surface area contributed by atoms with E-state index in [1.807, 2.05) is 18.2 Å². The van der Waals surface area contributed by atoms with E-state index in [1.54, 1.807) is 48.5 Å². The molecule has 35 heavy (non-hydrogen) atoms. The number of carbonyl (C=O) groups is 2. The van der Waals surface area contributed by atoms with Crippen LogP contribution >= 0.6 is 0 Å². The van der Waals surface area contributed by atoms with Gasteiger partial charge in [-0.15, -0.1) is 0 Å². The van der Waals surface area contributed by atoms with Gasteiger partial charge in [0.15, 0.2) is 0 Å². The Morgan fingerprint density at radius 1 is 0.800 bits per heavy atom. The predicted molar refractivity (Wildman–Crippen MR) is 134 cm³/mol. The van der Waals surface area contributed by atoms with Crippen LogP contribution in [0.3, 0.4) is 0 Å². The van der Waals surface area contributed by atoms with Crippen molar-refractivity contribution < 1.29 is 22.7 Å². The third kappa shape index (κ3) is 6.24. The molecule has 1 saturated heterocycles. The maximum atomic E-state index is 12.7. The van der Waals surface area contributed by atoms with E-state index in [4.69, 9.17) is 4.74 Å². The maximum absolute atomic E-state index is 12.7. The van der Waals surface area contributed by atoms with E-state index in [-0.39, 0.29) is 23.3 Å². The zero-order valence-electron chi connectivity index (χ0n) is 18.9. The lowest BCUT2D eigenvalue weighted by atomic mass is 10.1. The van der Waals surface area contributed by atoms with Crippen molar-refractivity contribution in [3.8, 4) is 0 Å². The third-order valence-electron chi connectivity index (χ3n) is 5.39. The van der Waals surface area contributed by atoms with Crippen molar-refractivity contribution in [2.75, 3.05) is 48.8 Å². The van der Waals surface area contributed by atoms with Crippen LogP contribution in [0.25, 0.3) is 0 Å². The van der Waals surface area contributed by atoms with Crippen molar-refractivity contribution in [2.45, 2.75) is 4.90 Å². The summed E-state index contributed by atoms with van der Waals surface area (Å²) in [5.41, 5.74) is 2.06. The Bertz CT molecular complexity index is 1270. The van der Waals surface area contributed by atoms with E-state index in [1.165, 1.54) is 16.4 Å². The van der Waals surface area contributed by atoms with E-state index >= 15 is 0 Å². The van der Waals surface area contributed by atoms with Crippen molar-refractivity contribution in [2.24, 2.45) is 0 Å². The zero-order valence-corrected chi connectivity index (χ0v) is 19.8. The van der Waals surface area contributed by atoms with Gasteiger partial charge in [-0.1, -0.05) is 30.3 Å². The van der Waals surface area contributed by atoms with E-state index < -0.39 is 10.0 Å². The maximum Gasteiger partial charge on any atom is 0.257 e. The van der Waals surface area contributed by atoms with Crippen molar-refractivity contribution in [3.05, 3.63) is 84.4 Å². The second-order valence-electron chi connectivity index (χ2n) is 7.81. The number of nitrogens with zero attached hydrogens (tertiary/aromatic N) is 1. The van der Waals surface area contributed by atoms with Crippen LogP contribution in [0, 0.1) is 0 Å². The molecule has 0 aromatic heterocycles. The summed E-state index contributed by atoms with van der Waals surface area (Å²) in [6, 6.07) is 22.0. The number of amides is 2. The summed E-state index contributed by atoms with van der Waals surface area (Å²) in [4.78, 5) is 25.3. The fourth-order valence-corrected chi connectivity index (χ4v) is 4.99. The first-order chi connectivity index (χ1) is 16.9. The average molecular weight is 495 g/mol. The number of rotatable bonds is 8. The Kier molecular flexibility index (Phi) is 7.76. The Hall–Kier alpha value is -3.73. The van der Waals surface area contributed by atoms with Crippen molar-refractivity contribution in [3.63, 3.8) is 0 Å². The fourth-order valence-electron chi connectivity index (χ4n) is 3.58. The molecule has 3 aromatic carbocycles. The molecule has 3 N–H and O–H groups in total.